The average molecular weight is 376 g/mol. The summed E-state index contributed by atoms with van der Waals surface area (Å²) in [4.78, 5) is 12.6. The smallest absolute Gasteiger partial charge is 0.247 e. The van der Waals surface area contributed by atoms with Crippen LogP contribution < -0.4 is 14.4 Å². The lowest BCUT2D eigenvalue weighted by Gasteiger charge is -2.28. The van der Waals surface area contributed by atoms with E-state index < -0.39 is 22.0 Å². The summed E-state index contributed by atoms with van der Waals surface area (Å²) in [6, 6.07) is 14.6. The van der Waals surface area contributed by atoms with E-state index >= 15 is 0 Å². The van der Waals surface area contributed by atoms with Crippen LogP contribution >= 0.6 is 0 Å². The summed E-state index contributed by atoms with van der Waals surface area (Å²) in [5.41, 5.74) is 0.982. The molecule has 0 bridgehead atoms. The van der Waals surface area contributed by atoms with E-state index in [-0.39, 0.29) is 6.10 Å². The van der Waals surface area contributed by atoms with E-state index in [0.29, 0.717) is 17.1 Å². The topological polar surface area (TPSA) is 75.7 Å². The number of sulfonamides is 1. The van der Waals surface area contributed by atoms with Crippen LogP contribution in [0.2, 0.25) is 0 Å². The van der Waals surface area contributed by atoms with Gasteiger partial charge >= 0.3 is 0 Å². The summed E-state index contributed by atoms with van der Waals surface area (Å²) in [5.74, 6) is 0.203. The molecule has 0 spiro atoms. The van der Waals surface area contributed by atoms with E-state index in [9.17, 15) is 13.2 Å². The lowest BCUT2D eigenvalue weighted by molar-refractivity contribution is -0.116. The molecule has 0 aliphatic heterocycles. The van der Waals surface area contributed by atoms with Crippen molar-refractivity contribution in [2.24, 2.45) is 0 Å². The second kappa shape index (κ2) is 8.23. The quantitative estimate of drug-likeness (QED) is 0.805. The third-order valence-corrected chi connectivity index (χ3v) is 4.81. The zero-order valence-corrected chi connectivity index (χ0v) is 16.2. The summed E-state index contributed by atoms with van der Waals surface area (Å²) in [5, 5.41) is 2.75. The molecule has 140 valence electrons. The fraction of sp³-hybridized carbons (Fsp3) is 0.316. The van der Waals surface area contributed by atoms with Gasteiger partial charge < -0.3 is 10.1 Å². The lowest BCUT2D eigenvalue weighted by atomic mass is 10.2. The molecular weight excluding hydrogens is 352 g/mol. The van der Waals surface area contributed by atoms with Gasteiger partial charge in [0.1, 0.15) is 11.8 Å². The average Bonchev–Trinajstić information content (AvgIpc) is 2.54. The molecule has 1 atom stereocenters. The molecule has 0 radical (unpaired) electrons. The highest BCUT2D eigenvalue weighted by atomic mass is 32.2. The van der Waals surface area contributed by atoms with Crippen LogP contribution in [0, 0.1) is 0 Å². The van der Waals surface area contributed by atoms with E-state index in [1.165, 1.54) is 0 Å². The maximum absolute atomic E-state index is 12.6. The highest BCUT2D eigenvalue weighted by molar-refractivity contribution is 7.92. The first-order valence-corrected chi connectivity index (χ1v) is 10.2. The molecule has 2 aromatic carbocycles. The number of benzene rings is 2. The van der Waals surface area contributed by atoms with Gasteiger partial charge in [-0.25, -0.2) is 8.42 Å². The van der Waals surface area contributed by atoms with Crippen LogP contribution in [0.3, 0.4) is 0 Å². The van der Waals surface area contributed by atoms with Crippen LogP contribution in [0.1, 0.15) is 20.8 Å². The first-order chi connectivity index (χ1) is 12.2. The molecule has 0 saturated carbocycles. The molecule has 0 fully saturated rings. The number of ether oxygens (including phenoxy) is 1. The molecule has 6 nitrogen and oxygen atoms in total. The monoisotopic (exact) mass is 376 g/mol. The maximum atomic E-state index is 12.6. The fourth-order valence-electron chi connectivity index (χ4n) is 2.55. The minimum absolute atomic E-state index is 0.0127. The first kappa shape index (κ1) is 19.8. The zero-order chi connectivity index (χ0) is 19.3. The summed E-state index contributed by atoms with van der Waals surface area (Å²) in [7, 11) is -3.63. The van der Waals surface area contributed by atoms with Crippen LogP contribution in [0.15, 0.2) is 54.6 Å². The number of rotatable bonds is 7. The molecule has 2 aromatic rings. The van der Waals surface area contributed by atoms with Gasteiger partial charge in [-0.2, -0.15) is 0 Å². The summed E-state index contributed by atoms with van der Waals surface area (Å²) < 4.78 is 31.2. The standard InChI is InChI=1S/C19H24N2O4S/c1-14(2)25-18-12-8-9-16(13-18)20-19(22)15(3)21(26(4,23)24)17-10-6-5-7-11-17/h5-15H,1-4H3,(H,20,22)/t15-/m1/s1. The molecule has 26 heavy (non-hydrogen) atoms. The summed E-state index contributed by atoms with van der Waals surface area (Å²) in [6.07, 6.45) is 1.10. The van der Waals surface area contributed by atoms with Crippen molar-refractivity contribution in [3.05, 3.63) is 54.6 Å². The molecule has 2 rings (SSSR count). The molecule has 0 unspecified atom stereocenters. The molecule has 7 heteroatoms. The molecule has 0 aliphatic carbocycles. The van der Waals surface area contributed by atoms with Crippen LogP contribution in [-0.2, 0) is 14.8 Å². The van der Waals surface area contributed by atoms with Gasteiger partial charge in [-0.3, -0.25) is 9.10 Å². The van der Waals surface area contributed by atoms with E-state index in [2.05, 4.69) is 5.32 Å². The Morgan fingerprint density at radius 2 is 1.69 bits per heavy atom. The van der Waals surface area contributed by atoms with Gasteiger partial charge in [0, 0.05) is 11.8 Å². The maximum Gasteiger partial charge on any atom is 0.247 e. The SMILES string of the molecule is CC(C)Oc1cccc(NC(=O)[C@@H](C)N(c2ccccc2)S(C)(=O)=O)c1. The zero-order valence-electron chi connectivity index (χ0n) is 15.3. The molecule has 1 N–H and O–H groups in total. The molecular formula is C19H24N2O4S. The predicted molar refractivity (Wildman–Crippen MR) is 104 cm³/mol. The van der Waals surface area contributed by atoms with E-state index in [1.807, 2.05) is 13.8 Å². The normalized spacial score (nSPS) is 12.5. The van der Waals surface area contributed by atoms with E-state index in [1.54, 1.807) is 61.5 Å². The second-order valence-electron chi connectivity index (χ2n) is 6.25. The van der Waals surface area contributed by atoms with Crippen LogP contribution in [0.5, 0.6) is 5.75 Å². The Labute approximate surface area is 154 Å². The van der Waals surface area contributed by atoms with Gasteiger partial charge in [0.15, 0.2) is 0 Å². The molecule has 0 saturated heterocycles. The minimum atomic E-state index is -3.63. The number of para-hydroxylation sites is 1. The van der Waals surface area contributed by atoms with Gasteiger partial charge in [0.2, 0.25) is 15.9 Å². The highest BCUT2D eigenvalue weighted by Crippen LogP contribution is 2.22. The fourth-order valence-corrected chi connectivity index (χ4v) is 3.72. The predicted octanol–water partition coefficient (Wildman–Crippen LogP) is 3.27. The number of nitrogens with one attached hydrogen (secondary N) is 1. The van der Waals surface area contributed by atoms with Crippen molar-refractivity contribution in [3.63, 3.8) is 0 Å². The van der Waals surface area contributed by atoms with Crippen molar-refractivity contribution in [1.82, 2.24) is 0 Å². The third-order valence-electron chi connectivity index (χ3n) is 3.57. The van der Waals surface area contributed by atoms with Crippen molar-refractivity contribution in [1.29, 1.82) is 0 Å². The minimum Gasteiger partial charge on any atom is -0.491 e. The first-order valence-electron chi connectivity index (χ1n) is 8.30. The van der Waals surface area contributed by atoms with Crippen LogP contribution in [0.25, 0.3) is 0 Å². The number of anilines is 2. The number of carbonyl (C=O) groups is 1. The molecule has 0 aromatic heterocycles. The lowest BCUT2D eigenvalue weighted by Crippen LogP contribution is -2.45. The van der Waals surface area contributed by atoms with E-state index in [0.717, 1.165) is 10.6 Å². The summed E-state index contributed by atoms with van der Waals surface area (Å²) in [6.45, 7) is 5.38. The van der Waals surface area contributed by atoms with Crippen molar-refractivity contribution in [2.75, 3.05) is 15.9 Å². The Hall–Kier alpha value is -2.54. The van der Waals surface area contributed by atoms with Crippen LogP contribution in [-0.4, -0.2) is 32.7 Å². The van der Waals surface area contributed by atoms with Crippen molar-refractivity contribution in [3.8, 4) is 5.75 Å². The largest absolute Gasteiger partial charge is 0.491 e. The van der Waals surface area contributed by atoms with Crippen molar-refractivity contribution >= 4 is 27.3 Å². The Kier molecular flexibility index (Phi) is 6.26. The third kappa shape index (κ3) is 5.23. The number of hydrogen-bond acceptors (Lipinski definition) is 4. The van der Waals surface area contributed by atoms with Gasteiger partial charge in [-0.15, -0.1) is 0 Å². The number of nitrogens with zero attached hydrogens (tertiary/aromatic N) is 1. The summed E-state index contributed by atoms with van der Waals surface area (Å²) >= 11 is 0. The molecule has 0 aliphatic rings. The van der Waals surface area contributed by atoms with Crippen molar-refractivity contribution < 1.29 is 17.9 Å². The Morgan fingerprint density at radius 3 is 2.27 bits per heavy atom. The van der Waals surface area contributed by atoms with Gasteiger partial charge in [-0.1, -0.05) is 24.3 Å². The number of hydrogen-bond donors (Lipinski definition) is 1. The second-order valence-corrected chi connectivity index (χ2v) is 8.11. The van der Waals surface area contributed by atoms with Crippen molar-refractivity contribution in [2.45, 2.75) is 32.9 Å². The van der Waals surface area contributed by atoms with Gasteiger partial charge in [-0.05, 0) is 45.0 Å². The van der Waals surface area contributed by atoms with Gasteiger partial charge in [0.05, 0.1) is 18.0 Å². The Balaban J connectivity index is 2.22. The molecule has 1 amide bonds. The van der Waals surface area contributed by atoms with E-state index in [4.69, 9.17) is 4.74 Å². The number of amides is 1. The highest BCUT2D eigenvalue weighted by Gasteiger charge is 2.29. The Bertz CT molecular complexity index is 851. The van der Waals surface area contributed by atoms with Gasteiger partial charge in [0.25, 0.3) is 0 Å². The van der Waals surface area contributed by atoms with Crippen LogP contribution in [0.4, 0.5) is 11.4 Å². The Morgan fingerprint density at radius 1 is 1.04 bits per heavy atom. The molecule has 0 heterocycles. The number of carbonyl (C=O) groups excluding carboxylic acids is 1.